The van der Waals surface area contributed by atoms with Gasteiger partial charge in [0.1, 0.15) is 12.7 Å². The van der Waals surface area contributed by atoms with E-state index in [1.54, 1.807) is 0 Å². The van der Waals surface area contributed by atoms with Crippen molar-refractivity contribution in [2.45, 2.75) is 39.6 Å². The minimum Gasteiger partial charge on any atom is -0.343 e. The average Bonchev–Trinajstić information content (AvgIpc) is 1.94. The highest BCUT2D eigenvalue weighted by atomic mass is 16.7. The molecule has 0 saturated carbocycles. The lowest BCUT2D eigenvalue weighted by Gasteiger charge is -2.36. The fourth-order valence-corrected chi connectivity index (χ4v) is 1.24. The summed E-state index contributed by atoms with van der Waals surface area (Å²) in [6, 6.07) is 0. The molecule has 0 aliphatic carbocycles. The quantitative estimate of drug-likeness (QED) is 0.599. The number of hydrogen-bond acceptors (Lipinski definition) is 3. The number of Topliss-reactive ketones (excluding diaryl/α,β-unsaturated/α-hetero) is 1. The maximum Gasteiger partial charge on any atom is 0.187 e. The van der Waals surface area contributed by atoms with Gasteiger partial charge < -0.3 is 9.47 Å². The Balaban J connectivity index is 2.66. The normalized spacial score (nSPS) is 29.4. The fourth-order valence-electron chi connectivity index (χ4n) is 1.24. The molecule has 3 nitrogen and oxygen atoms in total. The summed E-state index contributed by atoms with van der Waals surface area (Å²) in [5.74, 6) is -0.340. The van der Waals surface area contributed by atoms with Gasteiger partial charge in [-0.1, -0.05) is 13.8 Å². The first-order valence-electron chi connectivity index (χ1n) is 4.27. The molecule has 70 valence electrons. The Labute approximate surface area is 73.0 Å². The summed E-state index contributed by atoms with van der Waals surface area (Å²) in [5, 5.41) is 0. The maximum atomic E-state index is 11.3. The molecule has 1 aliphatic heterocycles. The topological polar surface area (TPSA) is 35.5 Å². The van der Waals surface area contributed by atoms with Gasteiger partial charge in [-0.3, -0.25) is 4.79 Å². The van der Waals surface area contributed by atoms with Crippen molar-refractivity contribution in [3.8, 4) is 0 Å². The third-order valence-electron chi connectivity index (χ3n) is 1.90. The third-order valence-corrected chi connectivity index (χ3v) is 1.90. The number of ketones is 1. The van der Waals surface area contributed by atoms with E-state index in [0.29, 0.717) is 0 Å². The van der Waals surface area contributed by atoms with Crippen LogP contribution < -0.4 is 0 Å². The van der Waals surface area contributed by atoms with E-state index < -0.39 is 5.79 Å². The molecular formula is C9H16O3. The van der Waals surface area contributed by atoms with E-state index in [-0.39, 0.29) is 24.4 Å². The molecule has 1 saturated heterocycles. The SMILES string of the molecule is CC(C)[C@@H]1OC(C)(C)OCC1=O. The zero-order valence-electron chi connectivity index (χ0n) is 8.09. The first-order chi connectivity index (χ1) is 5.42. The largest absolute Gasteiger partial charge is 0.343 e. The molecule has 3 heteroatoms. The molecule has 0 N–H and O–H groups in total. The van der Waals surface area contributed by atoms with Crippen LogP contribution in [-0.4, -0.2) is 24.3 Å². The lowest BCUT2D eigenvalue weighted by atomic mass is 10.0. The van der Waals surface area contributed by atoms with Crippen LogP contribution in [0.1, 0.15) is 27.7 Å². The molecule has 1 fully saturated rings. The Hall–Kier alpha value is -0.410. The molecule has 0 unspecified atom stereocenters. The van der Waals surface area contributed by atoms with Crippen molar-refractivity contribution in [3.05, 3.63) is 0 Å². The predicted octanol–water partition coefficient (Wildman–Crippen LogP) is 1.36. The molecule has 0 aromatic heterocycles. The van der Waals surface area contributed by atoms with E-state index in [1.165, 1.54) is 0 Å². The molecule has 0 amide bonds. The Bertz CT molecular complexity index is 184. The molecule has 0 aromatic rings. The second kappa shape index (κ2) is 3.15. The lowest BCUT2D eigenvalue weighted by molar-refractivity contribution is -0.264. The average molecular weight is 172 g/mol. The maximum absolute atomic E-state index is 11.3. The fraction of sp³-hybridized carbons (Fsp3) is 0.889. The summed E-state index contributed by atoms with van der Waals surface area (Å²) >= 11 is 0. The van der Waals surface area contributed by atoms with Crippen LogP contribution >= 0.6 is 0 Å². The molecule has 12 heavy (non-hydrogen) atoms. The van der Waals surface area contributed by atoms with E-state index in [1.807, 2.05) is 27.7 Å². The number of hydrogen-bond donors (Lipinski definition) is 0. The Morgan fingerprint density at radius 2 is 2.08 bits per heavy atom. The van der Waals surface area contributed by atoms with Crippen LogP contribution in [0.15, 0.2) is 0 Å². The highest BCUT2D eigenvalue weighted by molar-refractivity contribution is 5.85. The van der Waals surface area contributed by atoms with Crippen LogP contribution in [0, 0.1) is 5.92 Å². The molecule has 1 aliphatic rings. The van der Waals surface area contributed by atoms with Gasteiger partial charge in [0.25, 0.3) is 0 Å². The molecule has 0 aromatic carbocycles. The van der Waals surface area contributed by atoms with Gasteiger partial charge in [0.2, 0.25) is 0 Å². The van der Waals surface area contributed by atoms with Gasteiger partial charge in [0.15, 0.2) is 11.6 Å². The number of rotatable bonds is 1. The first-order valence-corrected chi connectivity index (χ1v) is 4.27. The van der Waals surface area contributed by atoms with E-state index in [9.17, 15) is 4.79 Å². The van der Waals surface area contributed by atoms with Gasteiger partial charge in [-0.2, -0.15) is 0 Å². The Morgan fingerprint density at radius 3 is 2.50 bits per heavy atom. The second-order valence-electron chi connectivity index (χ2n) is 3.94. The minimum atomic E-state index is -0.608. The van der Waals surface area contributed by atoms with Gasteiger partial charge in [-0.05, 0) is 19.8 Å². The summed E-state index contributed by atoms with van der Waals surface area (Å²) in [6.45, 7) is 7.79. The van der Waals surface area contributed by atoms with Gasteiger partial charge in [-0.25, -0.2) is 0 Å². The number of carbonyl (C=O) groups is 1. The standard InChI is InChI=1S/C9H16O3/c1-6(2)8-7(10)5-11-9(3,4)12-8/h6,8H,5H2,1-4H3/t8-/m0/s1. The molecule has 0 radical (unpaired) electrons. The summed E-state index contributed by atoms with van der Waals surface area (Å²) in [6.07, 6.45) is -0.297. The number of ether oxygens (including phenoxy) is 2. The van der Waals surface area contributed by atoms with Gasteiger partial charge in [-0.15, -0.1) is 0 Å². The van der Waals surface area contributed by atoms with Crippen LogP contribution in [0.5, 0.6) is 0 Å². The third kappa shape index (κ3) is 2.05. The molecule has 1 heterocycles. The van der Waals surface area contributed by atoms with Crippen LogP contribution in [0.4, 0.5) is 0 Å². The predicted molar refractivity (Wildman–Crippen MR) is 44.7 cm³/mol. The molecular weight excluding hydrogens is 156 g/mol. The van der Waals surface area contributed by atoms with Crippen LogP contribution in [0.2, 0.25) is 0 Å². The first kappa shape index (κ1) is 9.68. The summed E-state index contributed by atoms with van der Waals surface area (Å²) in [7, 11) is 0. The molecule has 0 bridgehead atoms. The van der Waals surface area contributed by atoms with Crippen LogP contribution in [0.3, 0.4) is 0 Å². The van der Waals surface area contributed by atoms with Crippen molar-refractivity contribution in [1.29, 1.82) is 0 Å². The highest BCUT2D eigenvalue weighted by Crippen LogP contribution is 2.23. The summed E-state index contributed by atoms with van der Waals surface area (Å²) in [4.78, 5) is 11.3. The van der Waals surface area contributed by atoms with Crippen molar-refractivity contribution in [3.63, 3.8) is 0 Å². The van der Waals surface area contributed by atoms with Crippen LogP contribution in [-0.2, 0) is 14.3 Å². The van der Waals surface area contributed by atoms with E-state index in [4.69, 9.17) is 9.47 Å². The lowest BCUT2D eigenvalue weighted by Crippen LogP contribution is -2.48. The smallest absolute Gasteiger partial charge is 0.187 e. The summed E-state index contributed by atoms with van der Waals surface area (Å²) < 4.78 is 10.7. The van der Waals surface area contributed by atoms with E-state index in [2.05, 4.69) is 0 Å². The molecule has 0 spiro atoms. The second-order valence-corrected chi connectivity index (χ2v) is 3.94. The van der Waals surface area contributed by atoms with E-state index in [0.717, 1.165) is 0 Å². The van der Waals surface area contributed by atoms with Gasteiger partial charge in [0, 0.05) is 0 Å². The van der Waals surface area contributed by atoms with Crippen molar-refractivity contribution >= 4 is 5.78 Å². The monoisotopic (exact) mass is 172 g/mol. The van der Waals surface area contributed by atoms with Crippen molar-refractivity contribution < 1.29 is 14.3 Å². The number of carbonyl (C=O) groups excluding carboxylic acids is 1. The van der Waals surface area contributed by atoms with Crippen molar-refractivity contribution in [2.75, 3.05) is 6.61 Å². The highest BCUT2D eigenvalue weighted by Gasteiger charge is 2.36. The van der Waals surface area contributed by atoms with Gasteiger partial charge in [0.05, 0.1) is 0 Å². The zero-order valence-corrected chi connectivity index (χ0v) is 8.09. The zero-order chi connectivity index (χ0) is 9.35. The van der Waals surface area contributed by atoms with E-state index >= 15 is 0 Å². The molecule has 1 rings (SSSR count). The van der Waals surface area contributed by atoms with Crippen molar-refractivity contribution in [2.24, 2.45) is 5.92 Å². The van der Waals surface area contributed by atoms with Crippen LogP contribution in [0.25, 0.3) is 0 Å². The van der Waals surface area contributed by atoms with Crippen molar-refractivity contribution in [1.82, 2.24) is 0 Å². The minimum absolute atomic E-state index is 0.0457. The Kier molecular flexibility index (Phi) is 2.54. The summed E-state index contributed by atoms with van der Waals surface area (Å²) in [5.41, 5.74) is 0. The molecule has 1 atom stereocenters. The van der Waals surface area contributed by atoms with Gasteiger partial charge >= 0.3 is 0 Å². The Morgan fingerprint density at radius 1 is 1.50 bits per heavy atom.